The lowest BCUT2D eigenvalue weighted by molar-refractivity contribution is 0.103. The average Bonchev–Trinajstić information content (AvgIpc) is 3.41. The Kier molecular flexibility index (Phi) is 6.71. The van der Waals surface area contributed by atoms with Gasteiger partial charge in [-0.25, -0.2) is 9.97 Å². The number of ether oxygens (including phenoxy) is 1. The summed E-state index contributed by atoms with van der Waals surface area (Å²) in [6, 6.07) is 18.4. The van der Waals surface area contributed by atoms with Crippen LogP contribution in [0.3, 0.4) is 0 Å². The fraction of sp³-hybridized carbons (Fsp3) is 0.269. The van der Waals surface area contributed by atoms with Gasteiger partial charge in [-0.2, -0.15) is 0 Å². The van der Waals surface area contributed by atoms with Crippen LogP contribution in [-0.2, 0) is 26.1 Å². The van der Waals surface area contributed by atoms with Crippen molar-refractivity contribution in [2.75, 3.05) is 11.9 Å². The van der Waals surface area contributed by atoms with Crippen LogP contribution in [0.25, 0.3) is 0 Å². The van der Waals surface area contributed by atoms with Crippen molar-refractivity contribution in [3.8, 4) is 5.75 Å². The molecule has 0 aliphatic carbocycles. The smallest absolute Gasteiger partial charge is 0.269 e. The molecule has 1 aliphatic rings. The molecule has 6 nitrogen and oxygen atoms in total. The van der Waals surface area contributed by atoms with Gasteiger partial charge < -0.3 is 4.74 Å². The van der Waals surface area contributed by atoms with Gasteiger partial charge in [0, 0.05) is 30.9 Å². The zero-order chi connectivity index (χ0) is 23.5. The van der Waals surface area contributed by atoms with Gasteiger partial charge in [-0.1, -0.05) is 48.0 Å². The molecular formula is C26H26N4O2S2. The molecule has 0 fully saturated rings. The second-order valence-electron chi connectivity index (χ2n) is 8.41. The number of fused-ring (bicyclic) bond motifs is 1. The van der Waals surface area contributed by atoms with Crippen LogP contribution in [0.5, 0.6) is 5.75 Å². The number of aryl methyl sites for hydroxylation is 2. The maximum Gasteiger partial charge on any atom is 0.269 e. The summed E-state index contributed by atoms with van der Waals surface area (Å²) >= 11 is 2.93. The number of nitrogens with one attached hydrogen (secondary N) is 1. The topological polar surface area (TPSA) is 67.3 Å². The molecule has 1 amide bonds. The van der Waals surface area contributed by atoms with Crippen molar-refractivity contribution < 1.29 is 9.53 Å². The molecule has 8 heteroatoms. The fourth-order valence-corrected chi connectivity index (χ4v) is 5.86. The van der Waals surface area contributed by atoms with Gasteiger partial charge >= 0.3 is 0 Å². The minimum atomic E-state index is -0.163. The molecule has 34 heavy (non-hydrogen) atoms. The Morgan fingerprint density at radius 1 is 1.06 bits per heavy atom. The van der Waals surface area contributed by atoms with Gasteiger partial charge in [0.15, 0.2) is 5.13 Å². The van der Waals surface area contributed by atoms with E-state index in [4.69, 9.17) is 9.72 Å². The molecule has 0 bridgehead atoms. The van der Waals surface area contributed by atoms with E-state index in [1.54, 1.807) is 11.3 Å². The second-order valence-corrected chi connectivity index (χ2v) is 10.6. The SMILES string of the molecule is Cc1ccc(OCc2nc(C)c(C(=O)Nc3nc4c(s3)CN(Cc3ccccc3)CC4)s2)cc1. The van der Waals surface area contributed by atoms with E-state index in [0.717, 1.165) is 42.5 Å². The van der Waals surface area contributed by atoms with E-state index in [-0.39, 0.29) is 5.91 Å². The monoisotopic (exact) mass is 490 g/mol. The van der Waals surface area contributed by atoms with Crippen molar-refractivity contribution in [3.63, 3.8) is 0 Å². The molecule has 0 spiro atoms. The first-order valence-electron chi connectivity index (χ1n) is 11.3. The number of hydrogen-bond donors (Lipinski definition) is 1. The zero-order valence-electron chi connectivity index (χ0n) is 19.2. The molecule has 0 unspecified atom stereocenters. The molecule has 0 saturated carbocycles. The van der Waals surface area contributed by atoms with Crippen LogP contribution in [-0.4, -0.2) is 27.3 Å². The van der Waals surface area contributed by atoms with Crippen LogP contribution >= 0.6 is 22.7 Å². The van der Waals surface area contributed by atoms with Crippen molar-refractivity contribution in [2.45, 2.75) is 40.0 Å². The van der Waals surface area contributed by atoms with E-state index < -0.39 is 0 Å². The predicted molar refractivity (Wildman–Crippen MR) is 137 cm³/mol. The molecular weight excluding hydrogens is 464 g/mol. The van der Waals surface area contributed by atoms with Gasteiger partial charge in [0.25, 0.3) is 5.91 Å². The first-order chi connectivity index (χ1) is 16.5. The molecule has 0 radical (unpaired) electrons. The normalized spacial score (nSPS) is 13.5. The minimum absolute atomic E-state index is 0.163. The fourth-order valence-electron chi connectivity index (χ4n) is 3.94. The standard InChI is InChI=1S/C26H26N4O2S2/c1-17-8-10-20(11-9-17)32-16-23-27-18(2)24(34-23)25(31)29-26-28-21-12-13-30(15-22(21)33-26)14-19-6-4-3-5-7-19/h3-11H,12-16H2,1-2H3,(H,28,29,31). The number of rotatable bonds is 7. The maximum atomic E-state index is 13.0. The van der Waals surface area contributed by atoms with Crippen LogP contribution in [0.4, 0.5) is 5.13 Å². The van der Waals surface area contributed by atoms with Crippen LogP contribution in [0.2, 0.25) is 0 Å². The molecule has 0 atom stereocenters. The van der Waals surface area contributed by atoms with Crippen molar-refractivity contribution in [2.24, 2.45) is 0 Å². The summed E-state index contributed by atoms with van der Waals surface area (Å²) in [6.07, 6.45) is 0.897. The van der Waals surface area contributed by atoms with Gasteiger partial charge in [0.05, 0.1) is 11.4 Å². The summed E-state index contributed by atoms with van der Waals surface area (Å²) in [5.41, 5.74) is 4.30. The molecule has 1 N–H and O–H groups in total. The van der Waals surface area contributed by atoms with Gasteiger partial charge in [-0.3, -0.25) is 15.0 Å². The summed E-state index contributed by atoms with van der Waals surface area (Å²) in [7, 11) is 0. The first kappa shape index (κ1) is 22.7. The first-order valence-corrected chi connectivity index (χ1v) is 12.9. The van der Waals surface area contributed by atoms with Crippen molar-refractivity contribution in [1.82, 2.24) is 14.9 Å². The molecule has 174 valence electrons. The highest BCUT2D eigenvalue weighted by Crippen LogP contribution is 2.30. The number of nitrogens with zero attached hydrogens (tertiary/aromatic N) is 3. The number of hydrogen-bond acceptors (Lipinski definition) is 7. The number of thiazole rings is 2. The van der Waals surface area contributed by atoms with E-state index >= 15 is 0 Å². The molecule has 5 rings (SSSR count). The van der Waals surface area contributed by atoms with Crippen LogP contribution < -0.4 is 10.1 Å². The summed E-state index contributed by atoms with van der Waals surface area (Å²) in [5, 5.41) is 4.42. The average molecular weight is 491 g/mol. The highest BCUT2D eigenvalue weighted by Gasteiger charge is 2.23. The molecule has 0 saturated heterocycles. The number of carbonyl (C=O) groups is 1. The molecule has 4 aromatic rings. The third kappa shape index (κ3) is 5.35. The number of aromatic nitrogens is 2. The molecule has 3 heterocycles. The second kappa shape index (κ2) is 10.0. The summed E-state index contributed by atoms with van der Waals surface area (Å²) < 4.78 is 5.82. The van der Waals surface area contributed by atoms with Crippen molar-refractivity contribution in [1.29, 1.82) is 0 Å². The third-order valence-electron chi connectivity index (χ3n) is 5.71. The quantitative estimate of drug-likeness (QED) is 0.365. The van der Waals surface area contributed by atoms with Crippen molar-refractivity contribution >= 4 is 33.7 Å². The predicted octanol–water partition coefficient (Wildman–Crippen LogP) is 5.61. The minimum Gasteiger partial charge on any atom is -0.486 e. The summed E-state index contributed by atoms with van der Waals surface area (Å²) in [4.78, 5) is 26.4. The lowest BCUT2D eigenvalue weighted by Gasteiger charge is -2.25. The van der Waals surface area contributed by atoms with Gasteiger partial charge in [-0.05, 0) is 31.5 Å². The van der Waals surface area contributed by atoms with Crippen molar-refractivity contribution in [3.05, 3.63) is 91.9 Å². The number of anilines is 1. The van der Waals surface area contributed by atoms with Gasteiger partial charge in [0.1, 0.15) is 22.2 Å². The van der Waals surface area contributed by atoms with Crippen LogP contribution in [0, 0.1) is 13.8 Å². The lowest BCUT2D eigenvalue weighted by atomic mass is 10.1. The van der Waals surface area contributed by atoms with E-state index in [9.17, 15) is 4.79 Å². The molecule has 2 aromatic carbocycles. The Morgan fingerprint density at radius 3 is 2.65 bits per heavy atom. The highest BCUT2D eigenvalue weighted by molar-refractivity contribution is 7.16. The Labute approximate surface area is 207 Å². The van der Waals surface area contributed by atoms with Crippen LogP contribution in [0.15, 0.2) is 54.6 Å². The lowest BCUT2D eigenvalue weighted by Crippen LogP contribution is -2.29. The summed E-state index contributed by atoms with van der Waals surface area (Å²) in [6.45, 7) is 6.99. The number of benzene rings is 2. The van der Waals surface area contributed by atoms with E-state index in [1.807, 2.05) is 44.2 Å². The molecule has 2 aromatic heterocycles. The van der Waals surface area contributed by atoms with E-state index in [1.165, 1.54) is 27.3 Å². The van der Waals surface area contributed by atoms with Gasteiger partial charge in [0.2, 0.25) is 0 Å². The maximum absolute atomic E-state index is 13.0. The van der Waals surface area contributed by atoms with Gasteiger partial charge in [-0.15, -0.1) is 22.7 Å². The summed E-state index contributed by atoms with van der Waals surface area (Å²) in [5.74, 6) is 0.628. The van der Waals surface area contributed by atoms with E-state index in [0.29, 0.717) is 22.3 Å². The Morgan fingerprint density at radius 2 is 1.85 bits per heavy atom. The Hall–Kier alpha value is -3.07. The van der Waals surface area contributed by atoms with Crippen LogP contribution in [0.1, 0.15) is 42.1 Å². The Bertz CT molecular complexity index is 1280. The van der Waals surface area contributed by atoms with E-state index in [2.05, 4.69) is 39.5 Å². The largest absolute Gasteiger partial charge is 0.486 e. The Balaban J connectivity index is 1.20. The number of carbonyl (C=O) groups excluding carboxylic acids is 1. The molecule has 1 aliphatic heterocycles. The number of amides is 1. The highest BCUT2D eigenvalue weighted by atomic mass is 32.1. The third-order valence-corrected chi connectivity index (χ3v) is 7.84. The zero-order valence-corrected chi connectivity index (χ0v) is 20.8.